The van der Waals surface area contributed by atoms with Gasteiger partial charge in [0, 0.05) is 20.1 Å². The predicted octanol–water partition coefficient (Wildman–Crippen LogP) is 3.78. The number of hydrogen-bond acceptors (Lipinski definition) is 4. The summed E-state index contributed by atoms with van der Waals surface area (Å²) in [6.07, 6.45) is 5.13. The third kappa shape index (κ3) is 3.38. The molecule has 0 amide bonds. The summed E-state index contributed by atoms with van der Waals surface area (Å²) in [5.41, 5.74) is 1.08. The van der Waals surface area contributed by atoms with Crippen LogP contribution in [0.25, 0.3) is 0 Å². The lowest BCUT2D eigenvalue weighted by Gasteiger charge is -2.23. The van der Waals surface area contributed by atoms with Gasteiger partial charge in [-0.2, -0.15) is 4.98 Å². The number of halogens is 1. The Labute approximate surface area is 124 Å². The largest absolute Gasteiger partial charge is 0.372 e. The molecule has 5 heteroatoms. The lowest BCUT2D eigenvalue weighted by atomic mass is 10.1. The molecule has 4 nitrogen and oxygen atoms in total. The number of hydrogen-bond donors (Lipinski definition) is 1. The van der Waals surface area contributed by atoms with Crippen molar-refractivity contribution >= 4 is 27.7 Å². The fourth-order valence-electron chi connectivity index (χ4n) is 2.41. The molecular formula is C14H23BrN4. The van der Waals surface area contributed by atoms with Gasteiger partial charge in [0.25, 0.3) is 0 Å². The quantitative estimate of drug-likeness (QED) is 0.917. The molecule has 0 radical (unpaired) electrons. The van der Waals surface area contributed by atoms with E-state index < -0.39 is 0 Å². The second-order valence-corrected chi connectivity index (χ2v) is 6.17. The first-order chi connectivity index (χ1) is 9.13. The van der Waals surface area contributed by atoms with E-state index in [4.69, 9.17) is 4.98 Å². The maximum Gasteiger partial charge on any atom is 0.227 e. The molecule has 19 heavy (non-hydrogen) atoms. The molecule has 1 fully saturated rings. The Bertz CT molecular complexity index is 426. The minimum atomic E-state index is 0.384. The molecule has 0 bridgehead atoms. The molecule has 0 spiro atoms. The molecule has 1 aliphatic heterocycles. The lowest BCUT2D eigenvalue weighted by Crippen LogP contribution is -2.27. The highest BCUT2D eigenvalue weighted by molar-refractivity contribution is 9.10. The van der Waals surface area contributed by atoms with E-state index in [1.54, 1.807) is 0 Å². The number of anilines is 2. The topological polar surface area (TPSA) is 41.1 Å². The van der Waals surface area contributed by atoms with Gasteiger partial charge in [-0.3, -0.25) is 0 Å². The highest BCUT2D eigenvalue weighted by Gasteiger charge is 2.18. The molecule has 1 aliphatic rings. The molecule has 0 aliphatic carbocycles. The smallest absolute Gasteiger partial charge is 0.227 e. The van der Waals surface area contributed by atoms with E-state index in [0.29, 0.717) is 5.92 Å². The summed E-state index contributed by atoms with van der Waals surface area (Å²) >= 11 is 3.61. The molecule has 1 N–H and O–H groups in total. The van der Waals surface area contributed by atoms with Crippen molar-refractivity contribution in [3.63, 3.8) is 0 Å². The Kier molecular flexibility index (Phi) is 5.02. The van der Waals surface area contributed by atoms with Crippen LogP contribution in [0, 0.1) is 0 Å². The van der Waals surface area contributed by atoms with Crippen LogP contribution in [0.3, 0.4) is 0 Å². The summed E-state index contributed by atoms with van der Waals surface area (Å²) in [6.45, 7) is 6.47. The van der Waals surface area contributed by atoms with Gasteiger partial charge in [0.2, 0.25) is 5.95 Å². The molecule has 2 rings (SSSR count). The van der Waals surface area contributed by atoms with Crippen LogP contribution in [-0.4, -0.2) is 30.1 Å². The number of aromatic nitrogens is 2. The van der Waals surface area contributed by atoms with Crippen LogP contribution in [-0.2, 0) is 0 Å². The van der Waals surface area contributed by atoms with Crippen LogP contribution < -0.4 is 10.2 Å². The second-order valence-electron chi connectivity index (χ2n) is 5.38. The Morgan fingerprint density at radius 1 is 1.11 bits per heavy atom. The third-order valence-corrected chi connectivity index (χ3v) is 4.32. The summed E-state index contributed by atoms with van der Waals surface area (Å²) in [5.74, 6) is 2.14. The number of nitrogens with one attached hydrogen (secondary N) is 1. The molecule has 2 heterocycles. The van der Waals surface area contributed by atoms with E-state index >= 15 is 0 Å². The average Bonchev–Trinajstić information content (AvgIpc) is 2.67. The molecule has 106 valence electrons. The highest BCUT2D eigenvalue weighted by Crippen LogP contribution is 2.31. The maximum atomic E-state index is 4.77. The van der Waals surface area contributed by atoms with Gasteiger partial charge in [-0.1, -0.05) is 26.7 Å². The van der Waals surface area contributed by atoms with Crippen LogP contribution in [0.4, 0.5) is 11.8 Å². The van der Waals surface area contributed by atoms with Crippen LogP contribution in [0.1, 0.15) is 51.1 Å². The van der Waals surface area contributed by atoms with Crippen LogP contribution >= 0.6 is 15.9 Å². The van der Waals surface area contributed by atoms with E-state index in [2.05, 4.69) is 45.0 Å². The Morgan fingerprint density at radius 2 is 1.74 bits per heavy atom. The van der Waals surface area contributed by atoms with Gasteiger partial charge in [-0.15, -0.1) is 0 Å². The van der Waals surface area contributed by atoms with Gasteiger partial charge in [-0.25, -0.2) is 4.98 Å². The molecule has 1 saturated heterocycles. The summed E-state index contributed by atoms with van der Waals surface area (Å²) in [5, 5.41) is 3.16. The van der Waals surface area contributed by atoms with E-state index in [1.165, 1.54) is 25.7 Å². The van der Waals surface area contributed by atoms with Crippen molar-refractivity contribution in [3.8, 4) is 0 Å². The summed E-state index contributed by atoms with van der Waals surface area (Å²) in [6, 6.07) is 0. The normalized spacial score (nSPS) is 16.6. The van der Waals surface area contributed by atoms with Crippen molar-refractivity contribution in [3.05, 3.63) is 10.2 Å². The molecule has 0 unspecified atom stereocenters. The van der Waals surface area contributed by atoms with Gasteiger partial charge in [-0.05, 0) is 34.7 Å². The van der Waals surface area contributed by atoms with Gasteiger partial charge in [0.15, 0.2) is 0 Å². The van der Waals surface area contributed by atoms with Gasteiger partial charge < -0.3 is 10.2 Å². The van der Waals surface area contributed by atoms with E-state index in [-0.39, 0.29) is 0 Å². The van der Waals surface area contributed by atoms with Gasteiger partial charge in [0.05, 0.1) is 10.2 Å². The molecular weight excluding hydrogens is 304 g/mol. The van der Waals surface area contributed by atoms with Crippen LogP contribution in [0.5, 0.6) is 0 Å². The maximum absolute atomic E-state index is 4.77. The Balaban J connectivity index is 2.36. The lowest BCUT2D eigenvalue weighted by molar-refractivity contribution is 0.726. The van der Waals surface area contributed by atoms with E-state index in [1.807, 2.05) is 7.05 Å². The zero-order chi connectivity index (χ0) is 13.8. The van der Waals surface area contributed by atoms with Gasteiger partial charge in [0.1, 0.15) is 5.82 Å². The van der Waals surface area contributed by atoms with Crippen molar-refractivity contribution in [2.24, 2.45) is 0 Å². The first kappa shape index (κ1) is 14.6. The number of nitrogens with zero attached hydrogens (tertiary/aromatic N) is 3. The SMILES string of the molecule is CNc1nc(N2CCCCCC2)nc(C(C)C)c1Br. The zero-order valence-electron chi connectivity index (χ0n) is 12.0. The van der Waals surface area contributed by atoms with Gasteiger partial charge >= 0.3 is 0 Å². The molecule has 1 aromatic heterocycles. The molecule has 0 aromatic carbocycles. The fraction of sp³-hybridized carbons (Fsp3) is 0.714. The monoisotopic (exact) mass is 326 g/mol. The average molecular weight is 327 g/mol. The van der Waals surface area contributed by atoms with Crippen molar-refractivity contribution < 1.29 is 0 Å². The van der Waals surface area contributed by atoms with Crippen molar-refractivity contribution in [1.82, 2.24) is 9.97 Å². The summed E-state index contributed by atoms with van der Waals surface area (Å²) in [4.78, 5) is 11.8. The molecule has 0 saturated carbocycles. The standard InChI is InChI=1S/C14H23BrN4/c1-10(2)12-11(15)13(16-3)18-14(17-12)19-8-6-4-5-7-9-19/h10H,4-9H2,1-3H3,(H,16,17,18). The summed E-state index contributed by atoms with van der Waals surface area (Å²) < 4.78 is 0.989. The first-order valence-electron chi connectivity index (χ1n) is 7.13. The Hall–Kier alpha value is -0.840. The van der Waals surface area contributed by atoms with Crippen molar-refractivity contribution in [2.75, 3.05) is 30.4 Å². The minimum Gasteiger partial charge on any atom is -0.372 e. The Morgan fingerprint density at radius 3 is 2.26 bits per heavy atom. The fourth-order valence-corrected chi connectivity index (χ4v) is 3.25. The van der Waals surface area contributed by atoms with Crippen molar-refractivity contribution in [2.45, 2.75) is 45.4 Å². The predicted molar refractivity (Wildman–Crippen MR) is 84.0 cm³/mol. The molecule has 1 aromatic rings. The second kappa shape index (κ2) is 6.55. The van der Waals surface area contributed by atoms with Crippen LogP contribution in [0.15, 0.2) is 4.47 Å². The van der Waals surface area contributed by atoms with E-state index in [9.17, 15) is 0 Å². The van der Waals surface area contributed by atoms with E-state index in [0.717, 1.165) is 35.0 Å². The highest BCUT2D eigenvalue weighted by atomic mass is 79.9. The third-order valence-electron chi connectivity index (χ3n) is 3.54. The first-order valence-corrected chi connectivity index (χ1v) is 7.93. The molecule has 0 atom stereocenters. The summed E-state index contributed by atoms with van der Waals surface area (Å²) in [7, 11) is 1.91. The van der Waals surface area contributed by atoms with Crippen molar-refractivity contribution in [1.29, 1.82) is 0 Å². The van der Waals surface area contributed by atoms with Crippen LogP contribution in [0.2, 0.25) is 0 Å². The minimum absolute atomic E-state index is 0.384. The zero-order valence-corrected chi connectivity index (χ0v) is 13.6. The number of rotatable bonds is 3.